The second-order valence-corrected chi connectivity index (χ2v) is 5.48. The number of carbonyl (C=O) groups is 1. The third kappa shape index (κ3) is 1.84. The molecule has 1 saturated carbocycles. The molecule has 3 heterocycles. The van der Waals surface area contributed by atoms with Gasteiger partial charge < -0.3 is 9.30 Å². The minimum Gasteiger partial charge on any atom is -0.365 e. The van der Waals surface area contributed by atoms with Gasteiger partial charge in [-0.1, -0.05) is 0 Å². The molecule has 5 nitrogen and oxygen atoms in total. The predicted molar refractivity (Wildman–Crippen MR) is 69.1 cm³/mol. The van der Waals surface area contributed by atoms with Gasteiger partial charge in [-0.25, -0.2) is 9.97 Å². The van der Waals surface area contributed by atoms with Crippen LogP contribution in [0.1, 0.15) is 37.0 Å². The standard InChI is InChI=1S/C13H12ClN3O2/c14-13-15-4-10-12(16-13)9(5-17(10)7-1-2-7)11-3-8(18)6-19-11/h4-5,7,11H,1-3,6H2. The van der Waals surface area contributed by atoms with E-state index in [0.717, 1.165) is 16.6 Å². The first kappa shape index (κ1) is 11.4. The summed E-state index contributed by atoms with van der Waals surface area (Å²) < 4.78 is 7.73. The Labute approximate surface area is 114 Å². The Kier molecular flexibility index (Phi) is 2.40. The molecule has 2 aromatic heterocycles. The van der Waals surface area contributed by atoms with E-state index >= 15 is 0 Å². The largest absolute Gasteiger partial charge is 0.365 e. The fourth-order valence-corrected chi connectivity index (χ4v) is 2.78. The van der Waals surface area contributed by atoms with Crippen LogP contribution in [0.4, 0.5) is 0 Å². The molecule has 2 fully saturated rings. The van der Waals surface area contributed by atoms with Gasteiger partial charge in [-0.05, 0) is 24.4 Å². The van der Waals surface area contributed by atoms with Crippen LogP contribution in [0.3, 0.4) is 0 Å². The van der Waals surface area contributed by atoms with Crippen LogP contribution in [-0.2, 0) is 9.53 Å². The summed E-state index contributed by atoms with van der Waals surface area (Å²) in [5.74, 6) is 0.137. The van der Waals surface area contributed by atoms with Gasteiger partial charge in [0.1, 0.15) is 6.61 Å². The van der Waals surface area contributed by atoms with Gasteiger partial charge in [-0.3, -0.25) is 4.79 Å². The van der Waals surface area contributed by atoms with E-state index in [-0.39, 0.29) is 23.8 Å². The lowest BCUT2D eigenvalue weighted by Crippen LogP contribution is -1.96. The molecule has 0 aromatic carbocycles. The lowest BCUT2D eigenvalue weighted by molar-refractivity contribution is -0.117. The summed E-state index contributed by atoms with van der Waals surface area (Å²) in [6, 6.07) is 0.526. The van der Waals surface area contributed by atoms with Gasteiger partial charge in [0.25, 0.3) is 0 Å². The summed E-state index contributed by atoms with van der Waals surface area (Å²) in [7, 11) is 0. The van der Waals surface area contributed by atoms with Crippen LogP contribution < -0.4 is 0 Å². The molecule has 98 valence electrons. The molecule has 0 amide bonds. The van der Waals surface area contributed by atoms with Crippen molar-refractivity contribution in [2.45, 2.75) is 31.4 Å². The van der Waals surface area contributed by atoms with Crippen molar-refractivity contribution in [1.82, 2.24) is 14.5 Å². The maximum absolute atomic E-state index is 11.4. The number of nitrogens with zero attached hydrogens (tertiary/aromatic N) is 3. The zero-order valence-electron chi connectivity index (χ0n) is 10.2. The van der Waals surface area contributed by atoms with Gasteiger partial charge in [0, 0.05) is 24.2 Å². The van der Waals surface area contributed by atoms with Gasteiger partial charge in [0.15, 0.2) is 5.78 Å². The fourth-order valence-electron chi connectivity index (χ4n) is 2.64. The number of Topliss-reactive ketones (excluding diaryl/α,β-unsaturated/α-hetero) is 1. The van der Waals surface area contributed by atoms with Crippen molar-refractivity contribution in [3.8, 4) is 0 Å². The summed E-state index contributed by atoms with van der Waals surface area (Å²) in [4.78, 5) is 19.8. The number of fused-ring (bicyclic) bond motifs is 1. The summed E-state index contributed by atoms with van der Waals surface area (Å²) in [5, 5.41) is 0.228. The Morgan fingerprint density at radius 1 is 1.42 bits per heavy atom. The molecule has 0 radical (unpaired) electrons. The third-order valence-corrected chi connectivity index (χ3v) is 3.90. The number of hydrogen-bond acceptors (Lipinski definition) is 4. The van der Waals surface area contributed by atoms with Crippen molar-refractivity contribution in [2.75, 3.05) is 6.61 Å². The lowest BCUT2D eigenvalue weighted by Gasteiger charge is -2.05. The molecule has 2 aromatic rings. The van der Waals surface area contributed by atoms with Gasteiger partial charge >= 0.3 is 0 Å². The highest BCUT2D eigenvalue weighted by atomic mass is 35.5. The van der Waals surface area contributed by atoms with Crippen LogP contribution in [0.2, 0.25) is 5.28 Å². The zero-order chi connectivity index (χ0) is 13.0. The molecule has 0 N–H and O–H groups in total. The van der Waals surface area contributed by atoms with Crippen LogP contribution in [0.25, 0.3) is 11.0 Å². The van der Waals surface area contributed by atoms with E-state index in [4.69, 9.17) is 16.3 Å². The fraction of sp³-hybridized carbons (Fsp3) is 0.462. The molecular weight excluding hydrogens is 266 g/mol. The van der Waals surface area contributed by atoms with Crippen molar-refractivity contribution in [3.05, 3.63) is 23.2 Å². The highest BCUT2D eigenvalue weighted by Gasteiger charge is 2.31. The van der Waals surface area contributed by atoms with Crippen molar-refractivity contribution in [1.29, 1.82) is 0 Å². The number of ketones is 1. The number of halogens is 1. The lowest BCUT2D eigenvalue weighted by atomic mass is 10.1. The molecule has 0 spiro atoms. The Hall–Kier alpha value is -1.46. The highest BCUT2D eigenvalue weighted by molar-refractivity contribution is 6.28. The first-order chi connectivity index (χ1) is 9.22. The Morgan fingerprint density at radius 3 is 2.95 bits per heavy atom. The molecule has 6 heteroatoms. The quantitative estimate of drug-likeness (QED) is 0.791. The van der Waals surface area contributed by atoms with Gasteiger partial charge in [-0.2, -0.15) is 0 Å². The number of rotatable bonds is 2. The topological polar surface area (TPSA) is 57.0 Å². The number of ether oxygens (including phenoxy) is 1. The van der Waals surface area contributed by atoms with Crippen molar-refractivity contribution in [3.63, 3.8) is 0 Å². The minimum absolute atomic E-state index is 0.137. The Morgan fingerprint density at radius 2 is 2.26 bits per heavy atom. The average Bonchev–Trinajstić information content (AvgIpc) is 3.04. The third-order valence-electron chi connectivity index (χ3n) is 3.72. The SMILES string of the molecule is O=C1COC(c2cn(C3CC3)c3cnc(Cl)nc23)C1. The maximum Gasteiger partial charge on any atom is 0.223 e. The van der Waals surface area contributed by atoms with E-state index < -0.39 is 0 Å². The zero-order valence-corrected chi connectivity index (χ0v) is 10.9. The molecule has 1 unspecified atom stereocenters. The number of aromatic nitrogens is 3. The smallest absolute Gasteiger partial charge is 0.223 e. The summed E-state index contributed by atoms with van der Waals surface area (Å²) in [6.45, 7) is 0.194. The molecular formula is C13H12ClN3O2. The summed E-state index contributed by atoms with van der Waals surface area (Å²) in [6.07, 6.45) is 6.39. The van der Waals surface area contributed by atoms with Gasteiger partial charge in [0.2, 0.25) is 5.28 Å². The maximum atomic E-state index is 11.4. The predicted octanol–water partition coefficient (Wildman–Crippen LogP) is 2.45. The van der Waals surface area contributed by atoms with E-state index in [1.807, 2.05) is 0 Å². The van der Waals surface area contributed by atoms with Crippen LogP contribution in [0, 0.1) is 0 Å². The van der Waals surface area contributed by atoms with Gasteiger partial charge in [0.05, 0.1) is 23.3 Å². The Bertz CT molecular complexity index is 678. The summed E-state index contributed by atoms with van der Waals surface area (Å²) in [5.41, 5.74) is 2.74. The van der Waals surface area contributed by atoms with Gasteiger partial charge in [-0.15, -0.1) is 0 Å². The molecule has 1 aliphatic carbocycles. The minimum atomic E-state index is -0.194. The monoisotopic (exact) mass is 277 g/mol. The molecule has 19 heavy (non-hydrogen) atoms. The first-order valence-corrected chi connectivity index (χ1v) is 6.76. The first-order valence-electron chi connectivity index (χ1n) is 6.38. The molecule has 1 aliphatic heterocycles. The van der Waals surface area contributed by atoms with E-state index in [1.54, 1.807) is 6.20 Å². The second kappa shape index (κ2) is 4.02. The number of hydrogen-bond donors (Lipinski definition) is 0. The average molecular weight is 278 g/mol. The number of carbonyl (C=O) groups excluding carboxylic acids is 1. The van der Waals surface area contributed by atoms with Crippen LogP contribution in [-0.4, -0.2) is 26.9 Å². The van der Waals surface area contributed by atoms with Crippen molar-refractivity contribution in [2.24, 2.45) is 0 Å². The summed E-state index contributed by atoms with van der Waals surface area (Å²) >= 11 is 5.89. The van der Waals surface area contributed by atoms with Crippen molar-refractivity contribution < 1.29 is 9.53 Å². The highest BCUT2D eigenvalue weighted by Crippen LogP contribution is 2.41. The van der Waals surface area contributed by atoms with E-state index in [1.165, 1.54) is 12.8 Å². The normalized spacial score (nSPS) is 23.4. The molecule has 2 aliphatic rings. The van der Waals surface area contributed by atoms with E-state index in [2.05, 4.69) is 20.7 Å². The molecule has 4 rings (SSSR count). The Balaban J connectivity index is 1.89. The molecule has 1 atom stereocenters. The van der Waals surface area contributed by atoms with E-state index in [9.17, 15) is 4.79 Å². The van der Waals surface area contributed by atoms with E-state index in [0.29, 0.717) is 12.5 Å². The van der Waals surface area contributed by atoms with Crippen LogP contribution >= 0.6 is 11.6 Å². The van der Waals surface area contributed by atoms with Crippen LogP contribution in [0.5, 0.6) is 0 Å². The molecule has 1 saturated heterocycles. The molecule has 0 bridgehead atoms. The van der Waals surface area contributed by atoms with Crippen molar-refractivity contribution >= 4 is 28.4 Å². The van der Waals surface area contributed by atoms with Crippen LogP contribution in [0.15, 0.2) is 12.4 Å². The second-order valence-electron chi connectivity index (χ2n) is 5.14.